The number of nitriles is 1. The zero-order valence-corrected chi connectivity index (χ0v) is 10.5. The van der Waals surface area contributed by atoms with Crippen LogP contribution < -0.4 is 10.6 Å². The van der Waals surface area contributed by atoms with E-state index in [4.69, 9.17) is 11.0 Å². The molecule has 0 aliphatic heterocycles. The molecule has 5 nitrogen and oxygen atoms in total. The lowest BCUT2D eigenvalue weighted by Crippen LogP contribution is -2.36. The number of anilines is 1. The first kappa shape index (κ1) is 12.2. The Hall–Kier alpha value is -0.840. The molecule has 0 spiro atoms. The van der Waals surface area contributed by atoms with Crippen LogP contribution in [-0.4, -0.2) is 35.6 Å². The molecule has 1 aromatic rings. The zero-order chi connectivity index (χ0) is 11.5. The summed E-state index contributed by atoms with van der Waals surface area (Å²) < 4.78 is 0.839. The molecule has 0 saturated heterocycles. The zero-order valence-electron chi connectivity index (χ0n) is 8.89. The summed E-state index contributed by atoms with van der Waals surface area (Å²) in [6, 6.07) is 2.04. The predicted octanol–water partition coefficient (Wildman–Crippen LogP) is 0.937. The van der Waals surface area contributed by atoms with Crippen molar-refractivity contribution in [1.29, 1.82) is 5.26 Å². The van der Waals surface area contributed by atoms with Crippen LogP contribution in [0, 0.1) is 11.3 Å². The van der Waals surface area contributed by atoms with Crippen molar-refractivity contribution in [2.75, 3.05) is 24.7 Å². The summed E-state index contributed by atoms with van der Waals surface area (Å²) in [7, 11) is 3.83. The summed E-state index contributed by atoms with van der Waals surface area (Å²) in [5.74, 6) is 0.519. The van der Waals surface area contributed by atoms with E-state index in [1.165, 1.54) is 23.1 Å². The van der Waals surface area contributed by atoms with Crippen LogP contribution in [0.1, 0.15) is 6.92 Å². The number of nitrogens with two attached hydrogens (primary N) is 1. The number of thioether (sulfide) groups is 1. The summed E-state index contributed by atoms with van der Waals surface area (Å²) in [4.78, 5) is 1.90. The first-order chi connectivity index (χ1) is 6.94. The highest BCUT2D eigenvalue weighted by atomic mass is 32.2. The monoisotopic (exact) mass is 243 g/mol. The van der Waals surface area contributed by atoms with Crippen LogP contribution in [0.4, 0.5) is 5.13 Å². The normalized spacial score (nSPS) is 14.3. The van der Waals surface area contributed by atoms with E-state index in [9.17, 15) is 0 Å². The van der Waals surface area contributed by atoms with Gasteiger partial charge in [-0.2, -0.15) is 5.26 Å². The maximum atomic E-state index is 8.74. The average molecular weight is 243 g/mol. The van der Waals surface area contributed by atoms with Crippen LogP contribution in [-0.2, 0) is 0 Å². The fraction of sp³-hybridized carbons (Fsp3) is 0.625. The van der Waals surface area contributed by atoms with Crippen LogP contribution in [0.3, 0.4) is 0 Å². The van der Waals surface area contributed by atoms with Crippen molar-refractivity contribution in [2.45, 2.75) is 16.8 Å². The molecule has 1 unspecified atom stereocenters. The smallest absolute Gasteiger partial charge is 0.208 e. The summed E-state index contributed by atoms with van der Waals surface area (Å²) in [5, 5.41) is 17.6. The van der Waals surface area contributed by atoms with Gasteiger partial charge >= 0.3 is 0 Å². The fourth-order valence-corrected chi connectivity index (χ4v) is 2.41. The van der Waals surface area contributed by atoms with Gasteiger partial charge in [-0.05, 0) is 6.92 Å². The van der Waals surface area contributed by atoms with Crippen LogP contribution >= 0.6 is 23.1 Å². The molecule has 2 N–H and O–H groups in total. The summed E-state index contributed by atoms with van der Waals surface area (Å²) >= 11 is 2.95. The van der Waals surface area contributed by atoms with Crippen molar-refractivity contribution in [2.24, 2.45) is 5.73 Å². The van der Waals surface area contributed by atoms with Gasteiger partial charge in [-0.3, -0.25) is 0 Å². The van der Waals surface area contributed by atoms with E-state index >= 15 is 0 Å². The Labute approximate surface area is 97.3 Å². The minimum Gasteiger partial charge on any atom is -0.353 e. The van der Waals surface area contributed by atoms with E-state index in [0.29, 0.717) is 5.75 Å². The SMILES string of the molecule is CN(C)c1nnc(SCC(C)(N)C#N)s1. The molecular weight excluding hydrogens is 230 g/mol. The van der Waals surface area contributed by atoms with Gasteiger partial charge in [0.1, 0.15) is 5.54 Å². The maximum absolute atomic E-state index is 8.74. The molecule has 0 aromatic carbocycles. The highest BCUT2D eigenvalue weighted by molar-refractivity contribution is 8.01. The average Bonchev–Trinajstić information content (AvgIpc) is 2.63. The number of rotatable bonds is 4. The summed E-state index contributed by atoms with van der Waals surface area (Å²) in [6.45, 7) is 1.70. The highest BCUT2D eigenvalue weighted by Crippen LogP contribution is 2.28. The summed E-state index contributed by atoms with van der Waals surface area (Å²) in [5.41, 5.74) is 4.88. The number of hydrogen-bond acceptors (Lipinski definition) is 7. The molecule has 15 heavy (non-hydrogen) atoms. The Morgan fingerprint density at radius 3 is 2.73 bits per heavy atom. The molecule has 0 saturated carbocycles. The van der Waals surface area contributed by atoms with Crippen molar-refractivity contribution < 1.29 is 0 Å². The van der Waals surface area contributed by atoms with Crippen LogP contribution in [0.15, 0.2) is 4.34 Å². The molecule has 1 aromatic heterocycles. The fourth-order valence-electron chi connectivity index (χ4n) is 0.686. The molecule has 1 heterocycles. The molecule has 7 heteroatoms. The Morgan fingerprint density at radius 1 is 1.60 bits per heavy atom. The molecule has 1 atom stereocenters. The van der Waals surface area contributed by atoms with E-state index < -0.39 is 5.54 Å². The van der Waals surface area contributed by atoms with Gasteiger partial charge < -0.3 is 10.6 Å². The van der Waals surface area contributed by atoms with Crippen LogP contribution in [0.2, 0.25) is 0 Å². The standard InChI is InChI=1S/C8H13N5S2/c1-8(10,4-9)5-14-7-12-11-6(15-7)13(2)3/h5,10H2,1-3H3. The van der Waals surface area contributed by atoms with E-state index in [2.05, 4.69) is 10.2 Å². The van der Waals surface area contributed by atoms with Crippen molar-refractivity contribution in [3.8, 4) is 6.07 Å². The van der Waals surface area contributed by atoms with Gasteiger partial charge in [0.05, 0.1) is 6.07 Å². The van der Waals surface area contributed by atoms with Gasteiger partial charge in [-0.1, -0.05) is 23.1 Å². The van der Waals surface area contributed by atoms with Crippen molar-refractivity contribution in [3.63, 3.8) is 0 Å². The molecule has 0 aliphatic carbocycles. The van der Waals surface area contributed by atoms with Crippen LogP contribution in [0.5, 0.6) is 0 Å². The highest BCUT2D eigenvalue weighted by Gasteiger charge is 2.18. The second-order valence-corrected chi connectivity index (χ2v) is 5.74. The van der Waals surface area contributed by atoms with Gasteiger partial charge in [0.25, 0.3) is 0 Å². The number of nitrogens with zero attached hydrogens (tertiary/aromatic N) is 4. The van der Waals surface area contributed by atoms with E-state index in [1.807, 2.05) is 25.1 Å². The lowest BCUT2D eigenvalue weighted by Gasteiger charge is -2.12. The molecule has 0 amide bonds. The molecule has 1 rings (SSSR count). The Bertz CT molecular complexity index is 365. The third kappa shape index (κ3) is 3.66. The van der Waals surface area contributed by atoms with Crippen molar-refractivity contribution in [3.05, 3.63) is 0 Å². The molecule has 0 radical (unpaired) electrons. The minimum absolute atomic E-state index is 0.519. The first-order valence-electron chi connectivity index (χ1n) is 4.28. The molecule has 0 aliphatic rings. The van der Waals surface area contributed by atoms with Crippen molar-refractivity contribution >= 4 is 28.2 Å². The molecule has 82 valence electrons. The van der Waals surface area contributed by atoms with E-state index in [1.54, 1.807) is 6.92 Å². The lowest BCUT2D eigenvalue weighted by molar-refractivity contribution is 0.682. The maximum Gasteiger partial charge on any atom is 0.208 e. The lowest BCUT2D eigenvalue weighted by atomic mass is 10.1. The predicted molar refractivity (Wildman–Crippen MR) is 63.2 cm³/mol. The van der Waals surface area contributed by atoms with E-state index in [-0.39, 0.29) is 0 Å². The Balaban J connectivity index is 2.56. The molecule has 0 bridgehead atoms. The van der Waals surface area contributed by atoms with Gasteiger partial charge in [-0.25, -0.2) is 0 Å². The van der Waals surface area contributed by atoms with Gasteiger partial charge in [-0.15, -0.1) is 10.2 Å². The summed E-state index contributed by atoms with van der Waals surface area (Å²) in [6.07, 6.45) is 0. The molecule has 0 fully saturated rings. The largest absolute Gasteiger partial charge is 0.353 e. The minimum atomic E-state index is -0.811. The first-order valence-corrected chi connectivity index (χ1v) is 6.08. The topological polar surface area (TPSA) is 78.8 Å². The second-order valence-electron chi connectivity index (χ2n) is 3.56. The number of hydrogen-bond donors (Lipinski definition) is 1. The third-order valence-corrected chi connectivity index (χ3v) is 4.09. The Morgan fingerprint density at radius 2 is 2.27 bits per heavy atom. The van der Waals surface area contributed by atoms with Crippen molar-refractivity contribution in [1.82, 2.24) is 10.2 Å². The Kier molecular flexibility index (Phi) is 3.90. The number of aromatic nitrogens is 2. The van der Waals surface area contributed by atoms with Gasteiger partial charge in [0.15, 0.2) is 4.34 Å². The van der Waals surface area contributed by atoms with E-state index in [0.717, 1.165) is 9.47 Å². The third-order valence-electron chi connectivity index (χ3n) is 1.53. The second kappa shape index (κ2) is 4.79. The quantitative estimate of drug-likeness (QED) is 0.793. The van der Waals surface area contributed by atoms with Gasteiger partial charge in [0.2, 0.25) is 5.13 Å². The van der Waals surface area contributed by atoms with Crippen LogP contribution in [0.25, 0.3) is 0 Å². The van der Waals surface area contributed by atoms with Gasteiger partial charge in [0, 0.05) is 19.8 Å². The molecular formula is C8H13N5S2.